The lowest BCUT2D eigenvalue weighted by atomic mass is 9.74. The van der Waals surface area contributed by atoms with Gasteiger partial charge in [0.05, 0.1) is 18.4 Å². The molecule has 5 heteroatoms. The minimum Gasteiger partial charge on any atom is -0.466 e. The normalized spacial score (nSPS) is 27.3. The van der Waals surface area contributed by atoms with Gasteiger partial charge in [0.2, 0.25) is 0 Å². The molecule has 1 aromatic carbocycles. The number of carbonyl (C=O) groups excluding carboxylic acids is 1. The van der Waals surface area contributed by atoms with E-state index >= 15 is 0 Å². The standard InChI is InChI=1S/C19H23F3O2/c1-5-24-16(23)14-15(19(20,21)22)18(14,17(2,3)4)12-11-13-9-7-6-8-10-13/h6-12,14-15H,5H2,1-4H3/b12-11+/t14-,15+,18?/m1/s1. The van der Waals surface area contributed by atoms with E-state index in [1.54, 1.807) is 39.8 Å². The average Bonchev–Trinajstić information content (AvgIpc) is 3.17. The minimum absolute atomic E-state index is 0.0720. The summed E-state index contributed by atoms with van der Waals surface area (Å²) in [5.41, 5.74) is -1.24. The van der Waals surface area contributed by atoms with E-state index in [4.69, 9.17) is 4.74 Å². The molecule has 0 radical (unpaired) electrons. The molecular formula is C19H23F3O2. The molecule has 0 spiro atoms. The van der Waals surface area contributed by atoms with Gasteiger partial charge < -0.3 is 4.74 Å². The van der Waals surface area contributed by atoms with Crippen molar-refractivity contribution in [2.45, 2.75) is 33.9 Å². The number of alkyl halides is 3. The summed E-state index contributed by atoms with van der Waals surface area (Å²) in [4.78, 5) is 12.2. The van der Waals surface area contributed by atoms with Crippen molar-refractivity contribution in [3.8, 4) is 0 Å². The molecule has 3 atom stereocenters. The Morgan fingerprint density at radius 1 is 1.21 bits per heavy atom. The maximum Gasteiger partial charge on any atom is 0.393 e. The first kappa shape index (κ1) is 18.6. The molecule has 1 aliphatic rings. The first-order chi connectivity index (χ1) is 11.1. The molecule has 0 aliphatic heterocycles. The summed E-state index contributed by atoms with van der Waals surface area (Å²) in [6, 6.07) is 9.11. The molecule has 24 heavy (non-hydrogen) atoms. The van der Waals surface area contributed by atoms with Crippen LogP contribution in [-0.2, 0) is 9.53 Å². The number of hydrogen-bond acceptors (Lipinski definition) is 2. The monoisotopic (exact) mass is 340 g/mol. The number of esters is 1. The Kier molecular flexibility index (Phi) is 4.84. The molecule has 1 aliphatic carbocycles. The van der Waals surface area contributed by atoms with Crippen LogP contribution in [0.3, 0.4) is 0 Å². The van der Waals surface area contributed by atoms with Crippen molar-refractivity contribution in [1.29, 1.82) is 0 Å². The molecule has 0 amide bonds. The highest BCUT2D eigenvalue weighted by Crippen LogP contribution is 2.73. The number of rotatable bonds is 4. The molecule has 1 aromatic rings. The minimum atomic E-state index is -4.45. The number of hydrogen-bond donors (Lipinski definition) is 0. The Hall–Kier alpha value is -1.78. The molecule has 1 fully saturated rings. The van der Waals surface area contributed by atoms with Crippen LogP contribution in [0, 0.1) is 22.7 Å². The van der Waals surface area contributed by atoms with Crippen molar-refractivity contribution < 1.29 is 22.7 Å². The van der Waals surface area contributed by atoms with E-state index in [-0.39, 0.29) is 6.61 Å². The van der Waals surface area contributed by atoms with E-state index < -0.39 is 34.8 Å². The van der Waals surface area contributed by atoms with E-state index in [2.05, 4.69) is 0 Å². The third-order valence-corrected chi connectivity index (χ3v) is 4.80. The van der Waals surface area contributed by atoms with Crippen molar-refractivity contribution >= 4 is 12.0 Å². The fourth-order valence-corrected chi connectivity index (χ4v) is 3.62. The van der Waals surface area contributed by atoms with Gasteiger partial charge in [0, 0.05) is 5.41 Å². The topological polar surface area (TPSA) is 26.3 Å². The summed E-state index contributed by atoms with van der Waals surface area (Å²) in [6.45, 7) is 6.88. The van der Waals surface area contributed by atoms with Gasteiger partial charge >= 0.3 is 12.1 Å². The molecule has 0 saturated heterocycles. The summed E-state index contributed by atoms with van der Waals surface area (Å²) in [7, 11) is 0. The molecule has 0 aromatic heterocycles. The van der Waals surface area contributed by atoms with Gasteiger partial charge in [0.15, 0.2) is 0 Å². The predicted octanol–water partition coefficient (Wildman–Crippen LogP) is 5.10. The van der Waals surface area contributed by atoms with Gasteiger partial charge in [-0.25, -0.2) is 0 Å². The van der Waals surface area contributed by atoms with Crippen LogP contribution in [0.25, 0.3) is 6.08 Å². The number of benzene rings is 1. The predicted molar refractivity (Wildman–Crippen MR) is 87.0 cm³/mol. The Morgan fingerprint density at radius 2 is 1.79 bits per heavy atom. The number of halogens is 3. The van der Waals surface area contributed by atoms with Gasteiger partial charge in [0.25, 0.3) is 0 Å². The van der Waals surface area contributed by atoms with Crippen molar-refractivity contribution in [3.63, 3.8) is 0 Å². The first-order valence-corrected chi connectivity index (χ1v) is 8.03. The van der Waals surface area contributed by atoms with Crippen LogP contribution in [0.5, 0.6) is 0 Å². The van der Waals surface area contributed by atoms with Gasteiger partial charge in [-0.3, -0.25) is 4.79 Å². The highest BCUT2D eigenvalue weighted by Gasteiger charge is 2.80. The summed E-state index contributed by atoms with van der Waals surface area (Å²) in [5.74, 6) is -3.69. The van der Waals surface area contributed by atoms with Crippen LogP contribution >= 0.6 is 0 Å². The van der Waals surface area contributed by atoms with E-state index in [1.165, 1.54) is 0 Å². The van der Waals surface area contributed by atoms with Crippen LogP contribution in [-0.4, -0.2) is 18.8 Å². The van der Waals surface area contributed by atoms with Gasteiger partial charge in [-0.2, -0.15) is 13.2 Å². The lowest BCUT2D eigenvalue weighted by molar-refractivity contribution is -0.166. The second kappa shape index (κ2) is 6.26. The van der Waals surface area contributed by atoms with Gasteiger partial charge in [-0.15, -0.1) is 0 Å². The number of allylic oxidation sites excluding steroid dienone is 1. The fourth-order valence-electron chi connectivity index (χ4n) is 3.62. The maximum atomic E-state index is 13.6. The second-order valence-corrected chi connectivity index (χ2v) is 7.18. The SMILES string of the molecule is CCOC(=O)[C@H]1[C@H](C(F)(F)F)C1(/C=C/c1ccccc1)C(C)(C)C. The number of carbonyl (C=O) groups is 1. The Labute approximate surface area is 140 Å². The van der Waals surface area contributed by atoms with Gasteiger partial charge in [-0.1, -0.05) is 63.3 Å². The second-order valence-electron chi connectivity index (χ2n) is 7.18. The zero-order valence-electron chi connectivity index (χ0n) is 14.4. The lowest BCUT2D eigenvalue weighted by Crippen LogP contribution is -2.28. The van der Waals surface area contributed by atoms with E-state index in [0.29, 0.717) is 0 Å². The number of ether oxygens (including phenoxy) is 1. The molecule has 0 bridgehead atoms. The highest BCUT2D eigenvalue weighted by atomic mass is 19.4. The first-order valence-electron chi connectivity index (χ1n) is 8.03. The smallest absolute Gasteiger partial charge is 0.393 e. The average molecular weight is 340 g/mol. The van der Waals surface area contributed by atoms with Crippen LogP contribution in [0.1, 0.15) is 33.3 Å². The van der Waals surface area contributed by atoms with E-state index in [1.807, 2.05) is 30.3 Å². The largest absolute Gasteiger partial charge is 0.466 e. The van der Waals surface area contributed by atoms with Crippen molar-refractivity contribution in [2.75, 3.05) is 6.61 Å². The quantitative estimate of drug-likeness (QED) is 0.713. The van der Waals surface area contributed by atoms with E-state index in [0.717, 1.165) is 5.56 Å². The molecule has 2 nitrogen and oxygen atoms in total. The highest BCUT2D eigenvalue weighted by molar-refractivity contribution is 5.80. The van der Waals surface area contributed by atoms with Crippen LogP contribution in [0.15, 0.2) is 36.4 Å². The molecular weight excluding hydrogens is 317 g/mol. The van der Waals surface area contributed by atoms with Crippen LogP contribution < -0.4 is 0 Å². The zero-order valence-corrected chi connectivity index (χ0v) is 14.4. The van der Waals surface area contributed by atoms with E-state index in [9.17, 15) is 18.0 Å². The Morgan fingerprint density at radius 3 is 2.25 bits per heavy atom. The molecule has 1 unspecified atom stereocenters. The molecule has 0 N–H and O–H groups in total. The summed E-state index contributed by atoms with van der Waals surface area (Å²) in [6.07, 6.45) is -1.23. The zero-order chi connectivity index (χ0) is 18.2. The van der Waals surface area contributed by atoms with Crippen molar-refractivity contribution in [2.24, 2.45) is 22.7 Å². The van der Waals surface area contributed by atoms with Gasteiger partial charge in [0.1, 0.15) is 0 Å². The Balaban J connectivity index is 2.46. The Bertz CT molecular complexity index is 614. The van der Waals surface area contributed by atoms with Crippen LogP contribution in [0.2, 0.25) is 0 Å². The molecule has 0 heterocycles. The fraction of sp³-hybridized carbons (Fsp3) is 0.526. The molecule has 2 rings (SSSR count). The maximum absolute atomic E-state index is 13.6. The summed E-state index contributed by atoms with van der Waals surface area (Å²) >= 11 is 0. The van der Waals surface area contributed by atoms with Crippen LogP contribution in [0.4, 0.5) is 13.2 Å². The van der Waals surface area contributed by atoms with Crippen molar-refractivity contribution in [1.82, 2.24) is 0 Å². The van der Waals surface area contributed by atoms with Gasteiger partial charge in [-0.05, 0) is 17.9 Å². The molecule has 132 valence electrons. The third-order valence-electron chi connectivity index (χ3n) is 4.80. The lowest BCUT2D eigenvalue weighted by Gasteiger charge is -2.31. The summed E-state index contributed by atoms with van der Waals surface area (Å²) < 4.78 is 45.7. The summed E-state index contributed by atoms with van der Waals surface area (Å²) in [5, 5.41) is 0. The van der Waals surface area contributed by atoms with Crippen molar-refractivity contribution in [3.05, 3.63) is 42.0 Å². The third kappa shape index (κ3) is 3.21. The molecule has 1 saturated carbocycles.